The largest absolute Gasteiger partial charge is 0.497 e. The lowest BCUT2D eigenvalue weighted by Gasteiger charge is -2.11. The third-order valence-electron chi connectivity index (χ3n) is 4.47. The van der Waals surface area contributed by atoms with E-state index in [-0.39, 0.29) is 0 Å². The summed E-state index contributed by atoms with van der Waals surface area (Å²) in [6.45, 7) is 0.668. The maximum Gasteiger partial charge on any atom is 0.224 e. The zero-order valence-corrected chi connectivity index (χ0v) is 15.7. The van der Waals surface area contributed by atoms with Gasteiger partial charge in [0.25, 0.3) is 0 Å². The first-order chi connectivity index (χ1) is 13.8. The van der Waals surface area contributed by atoms with Crippen molar-refractivity contribution < 1.29 is 4.74 Å². The second-order valence-electron chi connectivity index (χ2n) is 6.40. The summed E-state index contributed by atoms with van der Waals surface area (Å²) in [4.78, 5) is 9.47. The number of benzene rings is 3. The average molecular weight is 367 g/mol. The molecule has 4 aromatic rings. The molecule has 138 valence electrons. The van der Waals surface area contributed by atoms with Crippen molar-refractivity contribution in [1.82, 2.24) is 9.97 Å². The zero-order chi connectivity index (χ0) is 19.2. The normalized spacial score (nSPS) is 10.5. The Morgan fingerprint density at radius 3 is 1.89 bits per heavy atom. The van der Waals surface area contributed by atoms with E-state index in [2.05, 4.69) is 29.6 Å². The molecule has 0 aliphatic heterocycles. The van der Waals surface area contributed by atoms with Gasteiger partial charge in [0, 0.05) is 17.7 Å². The van der Waals surface area contributed by atoms with Gasteiger partial charge in [0.1, 0.15) is 5.75 Å². The quantitative estimate of drug-likeness (QED) is 0.493. The number of anilines is 1. The number of rotatable bonds is 6. The summed E-state index contributed by atoms with van der Waals surface area (Å²) >= 11 is 0. The molecule has 28 heavy (non-hydrogen) atoms. The summed E-state index contributed by atoms with van der Waals surface area (Å²) in [6, 6.07) is 30.3. The Labute approximate surface area is 164 Å². The fourth-order valence-electron chi connectivity index (χ4n) is 2.97. The van der Waals surface area contributed by atoms with Gasteiger partial charge >= 0.3 is 0 Å². The van der Waals surface area contributed by atoms with Gasteiger partial charge in [-0.15, -0.1) is 0 Å². The van der Waals surface area contributed by atoms with Crippen LogP contribution in [-0.2, 0) is 6.54 Å². The van der Waals surface area contributed by atoms with Gasteiger partial charge in [-0.2, -0.15) is 0 Å². The van der Waals surface area contributed by atoms with E-state index in [9.17, 15) is 0 Å². The first kappa shape index (κ1) is 17.7. The van der Waals surface area contributed by atoms with Crippen LogP contribution in [0.25, 0.3) is 22.5 Å². The summed E-state index contributed by atoms with van der Waals surface area (Å²) in [5, 5.41) is 3.36. The molecule has 0 aliphatic carbocycles. The van der Waals surface area contributed by atoms with Gasteiger partial charge in [-0.1, -0.05) is 60.7 Å². The second kappa shape index (κ2) is 8.35. The van der Waals surface area contributed by atoms with Crippen LogP contribution in [0.2, 0.25) is 0 Å². The van der Waals surface area contributed by atoms with Crippen LogP contribution in [0.15, 0.2) is 91.0 Å². The van der Waals surface area contributed by atoms with Crippen LogP contribution in [0.4, 0.5) is 5.95 Å². The molecular weight excluding hydrogens is 346 g/mol. The Balaban J connectivity index is 1.70. The zero-order valence-electron chi connectivity index (χ0n) is 15.7. The number of nitrogens with zero attached hydrogens (tertiary/aromatic N) is 2. The molecule has 0 aliphatic rings. The van der Waals surface area contributed by atoms with Crippen LogP contribution >= 0.6 is 0 Å². The van der Waals surface area contributed by atoms with Gasteiger partial charge in [-0.3, -0.25) is 0 Å². The molecule has 4 nitrogen and oxygen atoms in total. The van der Waals surface area contributed by atoms with Crippen molar-refractivity contribution in [3.05, 3.63) is 96.6 Å². The van der Waals surface area contributed by atoms with Crippen LogP contribution < -0.4 is 10.1 Å². The van der Waals surface area contributed by atoms with Crippen LogP contribution in [0.3, 0.4) is 0 Å². The highest BCUT2D eigenvalue weighted by Crippen LogP contribution is 2.26. The molecule has 1 heterocycles. The third-order valence-corrected chi connectivity index (χ3v) is 4.47. The van der Waals surface area contributed by atoms with Crippen LogP contribution in [0.5, 0.6) is 5.75 Å². The minimum absolute atomic E-state index is 0.607. The van der Waals surface area contributed by atoms with E-state index in [0.29, 0.717) is 12.5 Å². The van der Waals surface area contributed by atoms with Gasteiger partial charge in [0.2, 0.25) is 5.95 Å². The lowest BCUT2D eigenvalue weighted by molar-refractivity contribution is 0.415. The van der Waals surface area contributed by atoms with E-state index in [4.69, 9.17) is 14.7 Å². The Morgan fingerprint density at radius 2 is 1.29 bits per heavy atom. The minimum atomic E-state index is 0.607. The van der Waals surface area contributed by atoms with Crippen molar-refractivity contribution in [2.75, 3.05) is 12.4 Å². The molecule has 0 bridgehead atoms. The highest BCUT2D eigenvalue weighted by Gasteiger charge is 2.09. The maximum absolute atomic E-state index is 5.26. The lowest BCUT2D eigenvalue weighted by Crippen LogP contribution is -2.05. The molecule has 0 saturated carbocycles. The fraction of sp³-hybridized carbons (Fsp3) is 0.0833. The van der Waals surface area contributed by atoms with E-state index in [0.717, 1.165) is 28.3 Å². The molecule has 0 atom stereocenters. The Kier molecular flexibility index (Phi) is 5.29. The number of ether oxygens (including phenoxy) is 1. The number of aromatic nitrogens is 2. The molecule has 0 radical (unpaired) electrons. The summed E-state index contributed by atoms with van der Waals surface area (Å²) < 4.78 is 5.26. The summed E-state index contributed by atoms with van der Waals surface area (Å²) in [5.74, 6) is 1.43. The molecule has 3 aromatic carbocycles. The summed E-state index contributed by atoms with van der Waals surface area (Å²) in [5.41, 5.74) is 5.01. The molecule has 0 unspecified atom stereocenters. The van der Waals surface area contributed by atoms with Crippen molar-refractivity contribution in [2.24, 2.45) is 0 Å². The van der Waals surface area contributed by atoms with Crippen molar-refractivity contribution >= 4 is 5.95 Å². The van der Waals surface area contributed by atoms with Crippen LogP contribution in [0.1, 0.15) is 5.56 Å². The monoisotopic (exact) mass is 367 g/mol. The van der Waals surface area contributed by atoms with Gasteiger partial charge in [0.05, 0.1) is 18.5 Å². The molecule has 4 heteroatoms. The topological polar surface area (TPSA) is 47.0 Å². The SMILES string of the molecule is COc1ccc(-c2cc(-c3ccccc3)nc(NCc3ccccc3)n2)cc1. The minimum Gasteiger partial charge on any atom is -0.497 e. The van der Waals surface area contributed by atoms with Gasteiger partial charge in [0.15, 0.2) is 0 Å². The van der Waals surface area contributed by atoms with Crippen LogP contribution in [0, 0.1) is 0 Å². The van der Waals surface area contributed by atoms with Crippen molar-refractivity contribution in [3.8, 4) is 28.3 Å². The van der Waals surface area contributed by atoms with Crippen molar-refractivity contribution in [2.45, 2.75) is 6.54 Å². The number of nitrogens with one attached hydrogen (secondary N) is 1. The first-order valence-electron chi connectivity index (χ1n) is 9.18. The predicted molar refractivity (Wildman–Crippen MR) is 113 cm³/mol. The first-order valence-corrected chi connectivity index (χ1v) is 9.18. The third kappa shape index (κ3) is 4.18. The van der Waals surface area contributed by atoms with Gasteiger partial charge in [-0.25, -0.2) is 9.97 Å². The summed E-state index contributed by atoms with van der Waals surface area (Å²) in [7, 11) is 1.67. The number of hydrogen-bond donors (Lipinski definition) is 1. The van der Waals surface area contributed by atoms with Crippen molar-refractivity contribution in [1.29, 1.82) is 0 Å². The molecule has 0 fully saturated rings. The second-order valence-corrected chi connectivity index (χ2v) is 6.40. The van der Waals surface area contributed by atoms with E-state index < -0.39 is 0 Å². The standard InChI is InChI=1S/C24H21N3O/c1-28-21-14-12-20(13-15-21)23-16-22(19-10-6-3-7-11-19)26-24(27-23)25-17-18-8-4-2-5-9-18/h2-16H,17H2,1H3,(H,25,26,27). The van der Waals surface area contributed by atoms with Crippen LogP contribution in [-0.4, -0.2) is 17.1 Å². The Hall–Kier alpha value is -3.66. The lowest BCUT2D eigenvalue weighted by atomic mass is 10.1. The highest BCUT2D eigenvalue weighted by molar-refractivity contribution is 5.69. The fourth-order valence-corrected chi connectivity index (χ4v) is 2.97. The molecule has 0 spiro atoms. The predicted octanol–water partition coefficient (Wildman–Crippen LogP) is 5.43. The van der Waals surface area contributed by atoms with Crippen molar-refractivity contribution in [3.63, 3.8) is 0 Å². The molecule has 0 amide bonds. The van der Waals surface area contributed by atoms with E-state index >= 15 is 0 Å². The molecular formula is C24H21N3O. The number of methoxy groups -OCH3 is 1. The average Bonchev–Trinajstić information content (AvgIpc) is 2.79. The van der Waals surface area contributed by atoms with E-state index in [1.54, 1.807) is 7.11 Å². The molecule has 0 saturated heterocycles. The molecule has 1 aromatic heterocycles. The van der Waals surface area contributed by atoms with Gasteiger partial charge in [-0.05, 0) is 35.9 Å². The summed E-state index contributed by atoms with van der Waals surface area (Å²) in [6.07, 6.45) is 0. The molecule has 1 N–H and O–H groups in total. The Morgan fingerprint density at radius 1 is 0.714 bits per heavy atom. The molecule has 4 rings (SSSR count). The van der Waals surface area contributed by atoms with E-state index in [1.165, 1.54) is 5.56 Å². The van der Waals surface area contributed by atoms with E-state index in [1.807, 2.05) is 66.7 Å². The van der Waals surface area contributed by atoms with Gasteiger partial charge < -0.3 is 10.1 Å². The maximum atomic E-state index is 5.26. The smallest absolute Gasteiger partial charge is 0.224 e. The Bertz CT molecular complexity index is 1030. The highest BCUT2D eigenvalue weighted by atomic mass is 16.5. The number of hydrogen-bond acceptors (Lipinski definition) is 4.